The maximum atomic E-state index is 9.50. The van der Waals surface area contributed by atoms with Crippen LogP contribution in [0.15, 0.2) is 138 Å². The highest BCUT2D eigenvalue weighted by Crippen LogP contribution is 2.41. The molecule has 0 saturated carbocycles. The van der Waals surface area contributed by atoms with E-state index in [2.05, 4.69) is 167 Å². The second-order valence-corrected chi connectivity index (χ2v) is 22.0. The van der Waals surface area contributed by atoms with Gasteiger partial charge in [0.1, 0.15) is 0 Å². The molecule has 2 N–H and O–H groups in total. The number of aryl methyl sites for hydroxylation is 7. The first-order valence-corrected chi connectivity index (χ1v) is 25.5. The molecule has 0 fully saturated rings. The van der Waals surface area contributed by atoms with Crippen LogP contribution in [0, 0.1) is 48.5 Å². The molecule has 0 aliphatic rings. The Bertz CT molecular complexity index is 3610. The molecule has 0 aliphatic heterocycles. The zero-order valence-electron chi connectivity index (χ0n) is 36.6. The Morgan fingerprint density at radius 2 is 0.828 bits per heavy atom. The Hall–Kier alpha value is -4.61. The lowest BCUT2D eigenvalue weighted by atomic mass is 9.79. The number of hydrogen-bond acceptors (Lipinski definition) is 6. The van der Waals surface area contributed by atoms with Crippen molar-refractivity contribution in [1.82, 2.24) is 0 Å². The molecule has 0 saturated heterocycles. The van der Waals surface area contributed by atoms with Crippen LogP contribution in [0.2, 0.25) is 5.02 Å². The fraction of sp³-hybridized carbons (Fsp3) is 0.127. The van der Waals surface area contributed by atoms with Crippen LogP contribution >= 0.6 is 72.9 Å². The largest absolute Gasteiger partial charge is 0.489 e. The van der Waals surface area contributed by atoms with E-state index in [9.17, 15) is 10.0 Å². The fourth-order valence-electron chi connectivity index (χ4n) is 8.59. The van der Waals surface area contributed by atoms with Crippen LogP contribution in [0.25, 0.3) is 80.7 Å². The fourth-order valence-corrected chi connectivity index (χ4v) is 14.1. The minimum Gasteiger partial charge on any atom is -0.423 e. The Labute approximate surface area is 403 Å². The smallest absolute Gasteiger partial charge is 0.423 e. The highest BCUT2D eigenvalue weighted by Gasteiger charge is 2.19. The topological polar surface area (TPSA) is 40.5 Å². The van der Waals surface area contributed by atoms with Gasteiger partial charge in [-0.2, -0.15) is 0 Å². The normalized spacial score (nSPS) is 11.4. The Morgan fingerprint density at radius 3 is 1.44 bits per heavy atom. The van der Waals surface area contributed by atoms with E-state index in [0.717, 1.165) is 25.1 Å². The number of benzene rings is 8. The van der Waals surface area contributed by atoms with E-state index in [4.69, 9.17) is 11.6 Å². The third-order valence-corrected chi connectivity index (χ3v) is 18.2. The molecular formula is C55H45BBrClO2S4. The molecule has 64 heavy (non-hydrogen) atoms. The maximum absolute atomic E-state index is 9.50. The molecular weight excluding hydrogens is 947 g/mol. The van der Waals surface area contributed by atoms with E-state index >= 15 is 0 Å². The molecule has 9 heteroatoms. The summed E-state index contributed by atoms with van der Waals surface area (Å²) in [5.41, 5.74) is 9.73. The Balaban J connectivity index is 0.000000108. The zero-order chi connectivity index (χ0) is 45.0. The van der Waals surface area contributed by atoms with E-state index < -0.39 is 7.12 Å². The van der Waals surface area contributed by atoms with E-state index in [0.29, 0.717) is 5.46 Å². The molecule has 0 radical (unpaired) electrons. The number of rotatable bonds is 1. The average Bonchev–Trinajstić information content (AvgIpc) is 4.04. The van der Waals surface area contributed by atoms with Crippen molar-refractivity contribution in [2.75, 3.05) is 0 Å². The summed E-state index contributed by atoms with van der Waals surface area (Å²) in [6.45, 7) is 15.0. The summed E-state index contributed by atoms with van der Waals surface area (Å²) in [4.78, 5) is 0. The monoisotopic (exact) mass is 990 g/mol. The van der Waals surface area contributed by atoms with Crippen molar-refractivity contribution in [3.63, 3.8) is 0 Å². The second-order valence-electron chi connectivity index (χ2n) is 16.6. The van der Waals surface area contributed by atoms with E-state index in [1.54, 1.807) is 22.7 Å². The van der Waals surface area contributed by atoms with Gasteiger partial charge in [-0.15, -0.1) is 45.3 Å². The van der Waals surface area contributed by atoms with Gasteiger partial charge in [0.2, 0.25) is 0 Å². The molecule has 318 valence electrons. The first kappa shape index (κ1) is 44.6. The van der Waals surface area contributed by atoms with E-state index in [1.165, 1.54) is 104 Å². The molecule has 12 rings (SSSR count). The first-order valence-electron chi connectivity index (χ1n) is 21.1. The molecule has 0 amide bonds. The molecule has 8 aromatic carbocycles. The van der Waals surface area contributed by atoms with Crippen molar-refractivity contribution in [2.45, 2.75) is 48.5 Å². The molecule has 2 nitrogen and oxygen atoms in total. The van der Waals surface area contributed by atoms with Crippen molar-refractivity contribution < 1.29 is 10.0 Å². The standard InChI is InChI=1S/C15H14S.C14H13BO2S.C14H12S.C12H6BrClS/c1-9-7-11(3)15-13(8-9)12-6-4-5-10(2)14(12)16-15;1-8-6-11-10-5-3-4-9(2)13(10)18-14(11)12(7-8)15(16)17;1-9-6-7-13-12(8-9)11-5-3-4-10(2)14(11)15-13;13-10-3-1-2-8-9-6-7(14)4-5-11(9)15-12(8)10/h4-8H,1-3H3;3-7,16-17H,1-2H3;3-8H,1-2H3;1-6H. The Morgan fingerprint density at radius 1 is 0.391 bits per heavy atom. The van der Waals surface area contributed by atoms with Crippen LogP contribution < -0.4 is 5.46 Å². The van der Waals surface area contributed by atoms with Gasteiger partial charge in [0.05, 0.1) is 0 Å². The van der Waals surface area contributed by atoms with Crippen LogP contribution in [-0.2, 0) is 0 Å². The van der Waals surface area contributed by atoms with Crippen LogP contribution in [0.5, 0.6) is 0 Å². The van der Waals surface area contributed by atoms with Crippen LogP contribution in [-0.4, -0.2) is 17.2 Å². The minimum atomic E-state index is -1.42. The summed E-state index contributed by atoms with van der Waals surface area (Å²) in [6, 6.07) is 46.9. The lowest BCUT2D eigenvalue weighted by Gasteiger charge is -2.03. The number of thiophene rings is 4. The molecule has 4 heterocycles. The summed E-state index contributed by atoms with van der Waals surface area (Å²) >= 11 is 16.8. The summed E-state index contributed by atoms with van der Waals surface area (Å²) in [6.07, 6.45) is 0. The lowest BCUT2D eigenvalue weighted by Crippen LogP contribution is -2.30. The number of hydrogen-bond donors (Lipinski definition) is 2. The molecule has 12 aromatic rings. The van der Waals surface area contributed by atoms with Gasteiger partial charge in [-0.1, -0.05) is 119 Å². The van der Waals surface area contributed by atoms with Crippen molar-refractivity contribution >= 4 is 166 Å². The molecule has 0 aliphatic carbocycles. The van der Waals surface area contributed by atoms with Crippen molar-refractivity contribution in [2.24, 2.45) is 0 Å². The Kier molecular flexibility index (Phi) is 12.8. The van der Waals surface area contributed by atoms with E-state index in [-0.39, 0.29) is 0 Å². The summed E-state index contributed by atoms with van der Waals surface area (Å²) in [5.74, 6) is 0. The SMILES string of the molecule is Cc1cc(B(O)O)c2sc3c(C)cccc3c2c1.Cc1cc(C)c2sc3c(C)cccc3c2c1.Cc1ccc2sc3c(C)cccc3c2c1.Clc1ccc2sc3c(Br)cccc3c2c1. The van der Waals surface area contributed by atoms with Gasteiger partial charge in [-0.05, 0) is 129 Å². The first-order chi connectivity index (χ1) is 30.7. The summed E-state index contributed by atoms with van der Waals surface area (Å²) < 4.78 is 11.6. The predicted molar refractivity (Wildman–Crippen MR) is 293 cm³/mol. The molecule has 4 aromatic heterocycles. The third kappa shape index (κ3) is 8.63. The van der Waals surface area contributed by atoms with Crippen molar-refractivity contribution in [1.29, 1.82) is 0 Å². The van der Waals surface area contributed by atoms with Gasteiger partial charge in [0, 0.05) is 95.6 Å². The van der Waals surface area contributed by atoms with Crippen molar-refractivity contribution in [3.8, 4) is 0 Å². The van der Waals surface area contributed by atoms with Crippen LogP contribution in [0.4, 0.5) is 0 Å². The predicted octanol–water partition coefficient (Wildman–Crippen LogP) is 17.5. The molecule has 0 atom stereocenters. The molecule has 0 bridgehead atoms. The summed E-state index contributed by atoms with van der Waals surface area (Å²) in [5, 5.41) is 30.2. The third-order valence-electron chi connectivity index (χ3n) is 11.6. The second kappa shape index (κ2) is 18.3. The molecule has 0 spiro atoms. The lowest BCUT2D eigenvalue weighted by molar-refractivity contribution is 0.426. The highest BCUT2D eigenvalue weighted by molar-refractivity contribution is 9.10. The van der Waals surface area contributed by atoms with Gasteiger partial charge in [-0.3, -0.25) is 0 Å². The maximum Gasteiger partial charge on any atom is 0.489 e. The number of halogens is 2. The van der Waals surface area contributed by atoms with Gasteiger partial charge < -0.3 is 10.0 Å². The van der Waals surface area contributed by atoms with Crippen LogP contribution in [0.3, 0.4) is 0 Å². The van der Waals surface area contributed by atoms with E-state index in [1.807, 2.05) is 53.9 Å². The quantitative estimate of drug-likeness (QED) is 0.161. The average molecular weight is 992 g/mol. The van der Waals surface area contributed by atoms with Gasteiger partial charge in [0.25, 0.3) is 0 Å². The van der Waals surface area contributed by atoms with Gasteiger partial charge in [0.15, 0.2) is 0 Å². The van der Waals surface area contributed by atoms with Gasteiger partial charge in [-0.25, -0.2) is 0 Å². The highest BCUT2D eigenvalue weighted by atomic mass is 79.9. The molecule has 0 unspecified atom stereocenters. The zero-order valence-corrected chi connectivity index (χ0v) is 42.2. The number of fused-ring (bicyclic) bond motifs is 12. The van der Waals surface area contributed by atoms with Crippen LogP contribution in [0.1, 0.15) is 38.9 Å². The van der Waals surface area contributed by atoms with Crippen molar-refractivity contribution in [3.05, 3.63) is 182 Å². The van der Waals surface area contributed by atoms with Gasteiger partial charge >= 0.3 is 7.12 Å². The summed E-state index contributed by atoms with van der Waals surface area (Å²) in [7, 11) is -1.42. The minimum absolute atomic E-state index is 0.602.